The lowest BCUT2D eigenvalue weighted by Gasteiger charge is -2.07. The molecule has 1 heterocycles. The summed E-state index contributed by atoms with van der Waals surface area (Å²) < 4.78 is 31.3. The van der Waals surface area contributed by atoms with Crippen LogP contribution in [0.15, 0.2) is 59.9 Å². The topological polar surface area (TPSA) is 95.3 Å². The lowest BCUT2D eigenvalue weighted by atomic mass is 10.2. The molecule has 26 heavy (non-hydrogen) atoms. The van der Waals surface area contributed by atoms with Gasteiger partial charge in [0.15, 0.2) is 6.29 Å². The first-order chi connectivity index (χ1) is 12.4. The Bertz CT molecular complexity index is 1060. The predicted molar refractivity (Wildman–Crippen MR) is 93.6 cm³/mol. The first kappa shape index (κ1) is 17.8. The number of benzene rings is 2. The molecule has 3 aromatic rings. The van der Waals surface area contributed by atoms with E-state index in [1.807, 2.05) is 0 Å². The number of carbonyl (C=O) groups excluding carboxylic acids is 2. The van der Waals surface area contributed by atoms with Gasteiger partial charge >= 0.3 is 10.1 Å². The third kappa shape index (κ3) is 3.51. The Balaban J connectivity index is 1.98. The molecule has 9 heteroatoms. The van der Waals surface area contributed by atoms with Gasteiger partial charge in [0.2, 0.25) is 5.03 Å². The fourth-order valence-corrected chi connectivity index (χ4v) is 3.37. The molecule has 0 fully saturated rings. The molecule has 0 aliphatic rings. The first-order valence-corrected chi connectivity index (χ1v) is 9.01. The van der Waals surface area contributed by atoms with Gasteiger partial charge in [0, 0.05) is 16.3 Å². The highest BCUT2D eigenvalue weighted by Crippen LogP contribution is 2.23. The van der Waals surface area contributed by atoms with E-state index >= 15 is 0 Å². The van der Waals surface area contributed by atoms with E-state index in [4.69, 9.17) is 15.8 Å². The smallest absolute Gasteiger partial charge is 0.359 e. The molecule has 1 aromatic heterocycles. The van der Waals surface area contributed by atoms with E-state index in [2.05, 4.69) is 4.98 Å². The maximum absolute atomic E-state index is 12.5. The summed E-state index contributed by atoms with van der Waals surface area (Å²) in [5.74, 6) is -0.00603. The van der Waals surface area contributed by atoms with Crippen molar-refractivity contribution in [1.29, 1.82) is 0 Å². The van der Waals surface area contributed by atoms with E-state index < -0.39 is 15.1 Å². The first-order valence-electron chi connectivity index (χ1n) is 7.23. The lowest BCUT2D eigenvalue weighted by Crippen LogP contribution is -2.13. The van der Waals surface area contributed by atoms with Gasteiger partial charge in [0.05, 0.1) is 0 Å². The largest absolute Gasteiger partial charge is 0.378 e. The van der Waals surface area contributed by atoms with Crippen LogP contribution < -0.4 is 4.18 Å². The molecule has 0 unspecified atom stereocenters. The van der Waals surface area contributed by atoms with Crippen molar-refractivity contribution in [2.75, 3.05) is 0 Å². The summed E-state index contributed by atoms with van der Waals surface area (Å²) in [6.07, 6.45) is 2.21. The van der Waals surface area contributed by atoms with Crippen molar-refractivity contribution in [2.24, 2.45) is 0 Å². The van der Waals surface area contributed by atoms with Crippen molar-refractivity contribution < 1.29 is 22.2 Å². The summed E-state index contributed by atoms with van der Waals surface area (Å²) in [5.41, 5.74) is 0.702. The molecule has 0 N–H and O–H groups in total. The zero-order valence-corrected chi connectivity index (χ0v) is 14.6. The van der Waals surface area contributed by atoms with E-state index in [0.29, 0.717) is 28.8 Å². The minimum Gasteiger partial charge on any atom is -0.378 e. The molecule has 0 aliphatic carbocycles. The fourth-order valence-electron chi connectivity index (χ4n) is 2.22. The molecule has 132 valence electrons. The average Bonchev–Trinajstić information content (AvgIpc) is 3.08. The van der Waals surface area contributed by atoms with Crippen molar-refractivity contribution in [3.8, 4) is 11.4 Å². The Labute approximate surface area is 153 Å². The number of carbonyl (C=O) groups is 2. The fraction of sp³-hybridized carbons (Fsp3) is 0. The van der Waals surface area contributed by atoms with Gasteiger partial charge in [-0.2, -0.15) is 8.42 Å². The van der Waals surface area contributed by atoms with E-state index in [-0.39, 0.29) is 11.4 Å². The van der Waals surface area contributed by atoms with Crippen molar-refractivity contribution in [3.63, 3.8) is 0 Å². The summed E-state index contributed by atoms with van der Waals surface area (Å²) in [5, 5.41) is -0.0154. The number of halogens is 1. The minimum atomic E-state index is -4.35. The quantitative estimate of drug-likeness (QED) is 0.474. The maximum atomic E-state index is 12.5. The second kappa shape index (κ2) is 7.11. The number of aromatic nitrogens is 2. The van der Waals surface area contributed by atoms with Crippen LogP contribution >= 0.6 is 11.6 Å². The Kier molecular flexibility index (Phi) is 4.88. The van der Waals surface area contributed by atoms with Crippen molar-refractivity contribution in [3.05, 3.63) is 71.1 Å². The predicted octanol–water partition coefficient (Wildman–Crippen LogP) is 2.92. The van der Waals surface area contributed by atoms with Crippen LogP contribution in [0.1, 0.15) is 20.8 Å². The molecular weight excluding hydrogens is 380 g/mol. The zero-order chi connectivity index (χ0) is 18.7. The van der Waals surface area contributed by atoms with Gasteiger partial charge in [-0.05, 0) is 48.5 Å². The van der Waals surface area contributed by atoms with Gasteiger partial charge in [-0.25, -0.2) is 4.98 Å². The third-order valence-corrected chi connectivity index (χ3v) is 4.90. The van der Waals surface area contributed by atoms with Crippen LogP contribution in [0.4, 0.5) is 0 Å². The van der Waals surface area contributed by atoms with Gasteiger partial charge in [0.25, 0.3) is 0 Å². The van der Waals surface area contributed by atoms with Crippen molar-refractivity contribution in [2.45, 2.75) is 5.03 Å². The van der Waals surface area contributed by atoms with Crippen molar-refractivity contribution >= 4 is 34.3 Å². The number of hydrogen-bond acceptors (Lipinski definition) is 6. The molecular formula is C17H11ClN2O5S. The molecule has 0 saturated heterocycles. The summed E-state index contributed by atoms with van der Waals surface area (Å²) in [6.45, 7) is 0. The van der Waals surface area contributed by atoms with Crippen LogP contribution in [0.5, 0.6) is 5.75 Å². The lowest BCUT2D eigenvalue weighted by molar-refractivity contribution is 0.111. The SMILES string of the molecule is O=Cc1ccc(OS(=O)(=O)c2ncn(-c3ccc(Cl)cc3)c2C=O)cc1. The third-order valence-electron chi connectivity index (χ3n) is 3.44. The number of aldehydes is 2. The van der Waals surface area contributed by atoms with Gasteiger partial charge in [-0.1, -0.05) is 11.6 Å². The zero-order valence-electron chi connectivity index (χ0n) is 13.1. The van der Waals surface area contributed by atoms with E-state index in [1.165, 1.54) is 35.2 Å². The molecule has 0 amide bonds. The number of hydrogen-bond donors (Lipinski definition) is 0. The summed E-state index contributed by atoms with van der Waals surface area (Å²) in [6, 6.07) is 11.9. The van der Waals surface area contributed by atoms with Gasteiger partial charge in [-0.15, -0.1) is 0 Å². The van der Waals surface area contributed by atoms with Crippen LogP contribution in [-0.4, -0.2) is 30.5 Å². The van der Waals surface area contributed by atoms with Gasteiger partial charge in [0.1, 0.15) is 24.1 Å². The van der Waals surface area contributed by atoms with Crippen LogP contribution in [0.25, 0.3) is 5.69 Å². The average molecular weight is 391 g/mol. The normalized spacial score (nSPS) is 11.1. The highest BCUT2D eigenvalue weighted by Gasteiger charge is 2.26. The standard InChI is InChI=1S/C17H11ClN2O5S/c18-13-3-5-14(6-4-13)20-11-19-17(16(20)10-22)26(23,24)25-15-7-1-12(9-21)2-8-15/h1-11H. The second-order valence-corrected chi connectivity index (χ2v) is 7.02. The maximum Gasteiger partial charge on any atom is 0.359 e. The Morgan fingerprint density at radius 1 is 0.962 bits per heavy atom. The van der Waals surface area contributed by atoms with Gasteiger partial charge in [-0.3, -0.25) is 14.2 Å². The number of imidazole rings is 1. The summed E-state index contributed by atoms with van der Waals surface area (Å²) in [7, 11) is -4.35. The molecule has 0 saturated carbocycles. The van der Waals surface area contributed by atoms with Crippen LogP contribution in [-0.2, 0) is 10.1 Å². The molecule has 3 rings (SSSR count). The monoisotopic (exact) mass is 390 g/mol. The van der Waals surface area contributed by atoms with E-state index in [1.54, 1.807) is 24.3 Å². The number of rotatable bonds is 6. The summed E-state index contributed by atoms with van der Waals surface area (Å²) in [4.78, 5) is 26.0. The Morgan fingerprint density at radius 3 is 2.19 bits per heavy atom. The molecule has 0 atom stereocenters. The molecule has 2 aromatic carbocycles. The Hall–Kier alpha value is -2.97. The molecule has 0 spiro atoms. The van der Waals surface area contributed by atoms with Gasteiger partial charge < -0.3 is 4.18 Å². The van der Waals surface area contributed by atoms with Crippen LogP contribution in [0.3, 0.4) is 0 Å². The molecule has 0 aliphatic heterocycles. The molecule has 0 bridgehead atoms. The van der Waals surface area contributed by atoms with E-state index in [9.17, 15) is 18.0 Å². The highest BCUT2D eigenvalue weighted by molar-refractivity contribution is 7.87. The highest BCUT2D eigenvalue weighted by atomic mass is 35.5. The van der Waals surface area contributed by atoms with Crippen LogP contribution in [0.2, 0.25) is 5.02 Å². The van der Waals surface area contributed by atoms with Crippen LogP contribution in [0, 0.1) is 0 Å². The van der Waals surface area contributed by atoms with E-state index in [0.717, 1.165) is 0 Å². The summed E-state index contributed by atoms with van der Waals surface area (Å²) >= 11 is 5.83. The number of nitrogens with zero attached hydrogens (tertiary/aromatic N) is 2. The second-order valence-electron chi connectivity index (χ2n) is 5.12. The van der Waals surface area contributed by atoms with Crippen molar-refractivity contribution in [1.82, 2.24) is 9.55 Å². The Morgan fingerprint density at radius 2 is 1.62 bits per heavy atom. The minimum absolute atomic E-state index is 0.00603. The molecule has 7 nitrogen and oxygen atoms in total. The molecule has 0 radical (unpaired) electrons.